The SMILES string of the molecule is CCc1ccc([C@H]([NH2+]CC(=O)Nc2ccccc2[N+](=O)[O-])c2cccc(F)c2)cc1. The second-order valence-electron chi connectivity index (χ2n) is 6.89. The van der Waals surface area contributed by atoms with Crippen molar-refractivity contribution in [1.82, 2.24) is 0 Å². The van der Waals surface area contributed by atoms with Gasteiger partial charge >= 0.3 is 0 Å². The first-order valence-electron chi connectivity index (χ1n) is 9.69. The first kappa shape index (κ1) is 21.1. The quantitative estimate of drug-likeness (QED) is 0.441. The van der Waals surface area contributed by atoms with E-state index in [4.69, 9.17) is 0 Å². The van der Waals surface area contributed by atoms with Gasteiger partial charge in [0.1, 0.15) is 17.5 Å². The van der Waals surface area contributed by atoms with E-state index >= 15 is 0 Å². The number of para-hydroxylation sites is 2. The number of aryl methyl sites for hydroxylation is 1. The third-order valence-corrected chi connectivity index (χ3v) is 4.87. The number of hydrogen-bond acceptors (Lipinski definition) is 3. The molecular weight excluding hydrogens is 385 g/mol. The van der Waals surface area contributed by atoms with Crippen LogP contribution in [0.5, 0.6) is 0 Å². The lowest BCUT2D eigenvalue weighted by molar-refractivity contribution is -0.676. The van der Waals surface area contributed by atoms with E-state index in [-0.39, 0.29) is 35.7 Å². The van der Waals surface area contributed by atoms with Crippen molar-refractivity contribution in [2.75, 3.05) is 11.9 Å². The zero-order chi connectivity index (χ0) is 21.5. The van der Waals surface area contributed by atoms with Crippen molar-refractivity contribution >= 4 is 17.3 Å². The van der Waals surface area contributed by atoms with Crippen molar-refractivity contribution in [3.05, 3.63) is 105 Å². The number of nitrogens with zero attached hydrogens (tertiary/aromatic N) is 1. The molecule has 0 fully saturated rings. The van der Waals surface area contributed by atoms with Gasteiger partial charge in [0.25, 0.3) is 11.6 Å². The second-order valence-corrected chi connectivity index (χ2v) is 6.89. The Morgan fingerprint density at radius 3 is 2.47 bits per heavy atom. The van der Waals surface area contributed by atoms with E-state index in [2.05, 4.69) is 12.2 Å². The van der Waals surface area contributed by atoms with Gasteiger partial charge in [-0.15, -0.1) is 0 Å². The summed E-state index contributed by atoms with van der Waals surface area (Å²) in [7, 11) is 0. The number of anilines is 1. The van der Waals surface area contributed by atoms with Gasteiger partial charge in [0.15, 0.2) is 6.54 Å². The third-order valence-electron chi connectivity index (χ3n) is 4.87. The van der Waals surface area contributed by atoms with Crippen molar-refractivity contribution in [3.8, 4) is 0 Å². The number of nitro benzene ring substituents is 1. The Labute approximate surface area is 173 Å². The number of hydrogen-bond donors (Lipinski definition) is 2. The average molecular weight is 408 g/mol. The Kier molecular flexibility index (Phi) is 6.87. The maximum atomic E-state index is 13.8. The molecular formula is C23H23FN3O3+. The van der Waals surface area contributed by atoms with E-state index in [0.717, 1.165) is 17.5 Å². The highest BCUT2D eigenvalue weighted by atomic mass is 19.1. The van der Waals surface area contributed by atoms with Crippen molar-refractivity contribution in [2.24, 2.45) is 0 Å². The summed E-state index contributed by atoms with van der Waals surface area (Å²) in [6, 6.07) is 20.0. The van der Waals surface area contributed by atoms with Crippen LogP contribution in [-0.2, 0) is 11.2 Å². The minimum absolute atomic E-state index is 0.0166. The van der Waals surface area contributed by atoms with E-state index in [1.807, 2.05) is 30.3 Å². The molecule has 154 valence electrons. The lowest BCUT2D eigenvalue weighted by Crippen LogP contribution is -2.87. The lowest BCUT2D eigenvalue weighted by Gasteiger charge is -2.17. The topological polar surface area (TPSA) is 88.8 Å². The molecule has 7 heteroatoms. The maximum Gasteiger partial charge on any atom is 0.292 e. The fourth-order valence-corrected chi connectivity index (χ4v) is 3.29. The van der Waals surface area contributed by atoms with Crippen molar-refractivity contribution in [3.63, 3.8) is 0 Å². The van der Waals surface area contributed by atoms with Gasteiger partial charge in [0.2, 0.25) is 0 Å². The molecule has 0 aliphatic rings. The minimum Gasteiger partial charge on any atom is -0.328 e. The number of benzene rings is 3. The van der Waals surface area contributed by atoms with Gasteiger partial charge in [-0.2, -0.15) is 0 Å². The highest BCUT2D eigenvalue weighted by Gasteiger charge is 2.21. The van der Waals surface area contributed by atoms with E-state index in [9.17, 15) is 19.3 Å². The van der Waals surface area contributed by atoms with Gasteiger partial charge in [-0.05, 0) is 30.2 Å². The molecule has 0 spiro atoms. The van der Waals surface area contributed by atoms with Crippen LogP contribution in [0.4, 0.5) is 15.8 Å². The van der Waals surface area contributed by atoms with Crippen molar-refractivity contribution in [1.29, 1.82) is 0 Å². The fourth-order valence-electron chi connectivity index (χ4n) is 3.29. The molecule has 0 bridgehead atoms. The highest BCUT2D eigenvalue weighted by Crippen LogP contribution is 2.23. The van der Waals surface area contributed by atoms with Gasteiger partial charge in [0, 0.05) is 17.2 Å². The normalized spacial score (nSPS) is 11.7. The van der Waals surface area contributed by atoms with Crippen LogP contribution in [0.3, 0.4) is 0 Å². The molecule has 6 nitrogen and oxygen atoms in total. The zero-order valence-corrected chi connectivity index (χ0v) is 16.5. The number of amides is 1. The van der Waals surface area contributed by atoms with Crippen LogP contribution < -0.4 is 10.6 Å². The largest absolute Gasteiger partial charge is 0.328 e. The van der Waals surface area contributed by atoms with E-state index in [1.165, 1.54) is 29.8 Å². The molecule has 1 amide bonds. The van der Waals surface area contributed by atoms with Crippen LogP contribution in [0.1, 0.15) is 29.7 Å². The van der Waals surface area contributed by atoms with Gasteiger partial charge in [0.05, 0.1) is 4.92 Å². The number of nitrogens with two attached hydrogens (primary N) is 1. The second kappa shape index (κ2) is 9.76. The first-order valence-corrected chi connectivity index (χ1v) is 9.69. The Hall–Kier alpha value is -3.58. The van der Waals surface area contributed by atoms with Crippen LogP contribution in [0.25, 0.3) is 0 Å². The first-order chi connectivity index (χ1) is 14.5. The monoisotopic (exact) mass is 408 g/mol. The summed E-state index contributed by atoms with van der Waals surface area (Å²) in [5.41, 5.74) is 2.85. The molecule has 3 N–H and O–H groups in total. The average Bonchev–Trinajstić information content (AvgIpc) is 2.74. The van der Waals surface area contributed by atoms with Crippen molar-refractivity contribution < 1.29 is 19.4 Å². The predicted molar refractivity (Wildman–Crippen MR) is 113 cm³/mol. The number of rotatable bonds is 8. The smallest absolute Gasteiger partial charge is 0.292 e. The van der Waals surface area contributed by atoms with E-state index in [1.54, 1.807) is 23.5 Å². The van der Waals surface area contributed by atoms with E-state index in [0.29, 0.717) is 0 Å². The van der Waals surface area contributed by atoms with Gasteiger partial charge < -0.3 is 10.6 Å². The Balaban J connectivity index is 1.78. The summed E-state index contributed by atoms with van der Waals surface area (Å²) >= 11 is 0. The van der Waals surface area contributed by atoms with Crippen LogP contribution in [-0.4, -0.2) is 17.4 Å². The molecule has 3 aromatic rings. The van der Waals surface area contributed by atoms with Crippen LogP contribution in [0.15, 0.2) is 72.8 Å². The molecule has 1 atom stereocenters. The van der Waals surface area contributed by atoms with Crippen molar-refractivity contribution in [2.45, 2.75) is 19.4 Å². The number of nitro groups is 1. The Morgan fingerprint density at radius 1 is 1.07 bits per heavy atom. The molecule has 3 rings (SSSR count). The maximum absolute atomic E-state index is 13.8. The number of nitrogens with one attached hydrogen (secondary N) is 1. The Morgan fingerprint density at radius 2 is 1.80 bits per heavy atom. The molecule has 0 unspecified atom stereocenters. The fraction of sp³-hybridized carbons (Fsp3) is 0.174. The summed E-state index contributed by atoms with van der Waals surface area (Å²) in [6.07, 6.45) is 0.910. The predicted octanol–water partition coefficient (Wildman–Crippen LogP) is 3.59. The van der Waals surface area contributed by atoms with Gasteiger partial charge in [-0.1, -0.05) is 55.5 Å². The van der Waals surface area contributed by atoms with Crippen LogP contribution in [0.2, 0.25) is 0 Å². The number of quaternary nitrogens is 1. The number of halogens is 1. The molecule has 0 heterocycles. The molecule has 0 saturated carbocycles. The molecule has 0 aromatic heterocycles. The number of carbonyl (C=O) groups excluding carboxylic acids is 1. The third kappa shape index (κ3) is 5.27. The summed E-state index contributed by atoms with van der Waals surface area (Å²) in [5, 5.41) is 15.5. The molecule has 0 aliphatic carbocycles. The summed E-state index contributed by atoms with van der Waals surface area (Å²) in [5.74, 6) is -0.726. The Bertz CT molecular complexity index is 1040. The molecule has 30 heavy (non-hydrogen) atoms. The lowest BCUT2D eigenvalue weighted by atomic mass is 9.97. The minimum atomic E-state index is -0.538. The zero-order valence-electron chi connectivity index (χ0n) is 16.5. The molecule has 0 radical (unpaired) electrons. The molecule has 0 saturated heterocycles. The van der Waals surface area contributed by atoms with Crippen LogP contribution >= 0.6 is 0 Å². The summed E-state index contributed by atoms with van der Waals surface area (Å²) in [4.78, 5) is 23.1. The summed E-state index contributed by atoms with van der Waals surface area (Å²) in [6.45, 7) is 2.08. The van der Waals surface area contributed by atoms with E-state index < -0.39 is 4.92 Å². The number of carbonyl (C=O) groups is 1. The highest BCUT2D eigenvalue weighted by molar-refractivity contribution is 5.93. The standard InChI is InChI=1S/C23H22FN3O3/c1-2-16-10-12-17(13-11-16)23(18-6-5-7-19(24)14-18)25-15-22(28)26-20-8-3-4-9-21(20)27(29)30/h3-14,23,25H,2,15H2,1H3,(H,26,28)/p+1/t23-/m0/s1. The van der Waals surface area contributed by atoms with Gasteiger partial charge in [-0.25, -0.2) is 4.39 Å². The van der Waals surface area contributed by atoms with Gasteiger partial charge in [-0.3, -0.25) is 14.9 Å². The summed E-state index contributed by atoms with van der Waals surface area (Å²) < 4.78 is 13.8. The van der Waals surface area contributed by atoms with Crippen LogP contribution in [0, 0.1) is 15.9 Å². The molecule has 3 aromatic carbocycles. The molecule has 0 aliphatic heterocycles.